The number of halogens is 3. The molecule has 4 rings (SSSR count). The molecule has 0 spiro atoms. The summed E-state index contributed by atoms with van der Waals surface area (Å²) in [5.41, 5.74) is 1.73. The summed E-state index contributed by atoms with van der Waals surface area (Å²) in [5.74, 6) is -3.69. The molecule has 0 amide bonds. The minimum Gasteiger partial charge on any atom is -0.503 e. The Bertz CT molecular complexity index is 1060. The maximum absolute atomic E-state index is 15.1. The van der Waals surface area contributed by atoms with Gasteiger partial charge in [0.05, 0.1) is 26.2 Å². The number of nitrogens with zero attached hydrogens (tertiary/aromatic N) is 1. The van der Waals surface area contributed by atoms with E-state index < -0.39 is 24.8 Å². The molecule has 170 valence electrons. The van der Waals surface area contributed by atoms with Gasteiger partial charge < -0.3 is 14.4 Å². The van der Waals surface area contributed by atoms with Crippen LogP contribution >= 0.6 is 0 Å². The summed E-state index contributed by atoms with van der Waals surface area (Å²) in [6.45, 7) is -0.797. The number of ether oxygens (including phenoxy) is 2. The molecular weight excluding hydrogens is 431 g/mol. The molecule has 0 saturated heterocycles. The molecule has 32 heavy (non-hydrogen) atoms. The van der Waals surface area contributed by atoms with E-state index in [0.29, 0.717) is 22.4 Å². The van der Waals surface area contributed by atoms with Gasteiger partial charge in [-0.3, -0.25) is 4.84 Å². The number of fused-ring (bicyclic) bond motifs is 3. The molecule has 2 aromatic rings. The van der Waals surface area contributed by atoms with Crippen molar-refractivity contribution in [3.63, 3.8) is 0 Å². The van der Waals surface area contributed by atoms with E-state index in [1.807, 2.05) is 0 Å². The van der Waals surface area contributed by atoms with Crippen LogP contribution in [0.2, 0.25) is 0 Å². The van der Waals surface area contributed by atoms with Crippen LogP contribution in [0.25, 0.3) is 5.57 Å². The van der Waals surface area contributed by atoms with Crippen LogP contribution in [0.5, 0.6) is 5.75 Å². The van der Waals surface area contributed by atoms with E-state index in [4.69, 9.17) is 19.2 Å². The zero-order valence-corrected chi connectivity index (χ0v) is 17.3. The predicted octanol–water partition coefficient (Wildman–Crippen LogP) is 4.05. The lowest BCUT2D eigenvalue weighted by atomic mass is 9.98. The molecule has 7 nitrogen and oxygen atoms in total. The third-order valence-corrected chi connectivity index (χ3v) is 5.13. The fraction of sp³-hybridized carbons (Fsp3) is 0.318. The first-order valence-corrected chi connectivity index (χ1v) is 9.66. The molecule has 0 N–H and O–H groups in total. The van der Waals surface area contributed by atoms with Crippen molar-refractivity contribution >= 4 is 17.2 Å². The van der Waals surface area contributed by atoms with Gasteiger partial charge in [-0.1, -0.05) is 6.07 Å². The average Bonchev–Trinajstić information content (AvgIpc) is 2.78. The lowest BCUT2D eigenvalue weighted by Crippen LogP contribution is -2.37. The van der Waals surface area contributed by atoms with Gasteiger partial charge in [0.2, 0.25) is 6.36 Å². The summed E-state index contributed by atoms with van der Waals surface area (Å²) in [6, 6.07) is 8.58. The number of hydroxylamine groups is 1. The molecule has 0 radical (unpaired) electrons. The first-order chi connectivity index (χ1) is 15.3. The third-order valence-electron chi connectivity index (χ3n) is 5.13. The minimum absolute atomic E-state index is 0.0315. The smallest absolute Gasteiger partial charge is 0.341 e. The summed E-state index contributed by atoms with van der Waals surface area (Å²) < 4.78 is 53.2. The molecule has 10 heteroatoms. The summed E-state index contributed by atoms with van der Waals surface area (Å²) in [6.07, 6.45) is -0.636. The highest BCUT2D eigenvalue weighted by molar-refractivity contribution is 6.16. The van der Waals surface area contributed by atoms with Gasteiger partial charge in [0.1, 0.15) is 18.7 Å². The quantitative estimate of drug-likeness (QED) is 0.284. The van der Waals surface area contributed by atoms with Crippen molar-refractivity contribution in [3.05, 3.63) is 64.9 Å². The van der Waals surface area contributed by atoms with Crippen LogP contribution in [0.3, 0.4) is 0 Å². The van der Waals surface area contributed by atoms with E-state index in [-0.39, 0.29) is 29.9 Å². The lowest BCUT2D eigenvalue weighted by Gasteiger charge is -2.32. The first-order valence-electron chi connectivity index (χ1n) is 9.66. The largest absolute Gasteiger partial charge is 0.503 e. The molecule has 2 aromatic carbocycles. The van der Waals surface area contributed by atoms with Gasteiger partial charge in [-0.2, -0.15) is 13.7 Å². The van der Waals surface area contributed by atoms with Crippen molar-refractivity contribution in [2.24, 2.45) is 0 Å². The van der Waals surface area contributed by atoms with Crippen molar-refractivity contribution in [3.8, 4) is 5.75 Å². The SMILES string of the molecule is COC=C(C(=O)OC)c1ccc2cc1CON2CC(F)(F)c1ccc2c(c1)CC(F)OO2. The molecule has 0 aliphatic carbocycles. The molecule has 1 atom stereocenters. The number of hydrogen-bond donors (Lipinski definition) is 0. The second-order valence-electron chi connectivity index (χ2n) is 7.23. The van der Waals surface area contributed by atoms with Gasteiger partial charge >= 0.3 is 5.97 Å². The number of carbonyl (C=O) groups excluding carboxylic acids is 1. The Hall–Kier alpha value is -3.24. The minimum atomic E-state index is -3.30. The van der Waals surface area contributed by atoms with E-state index in [0.717, 1.165) is 5.06 Å². The highest BCUT2D eigenvalue weighted by Gasteiger charge is 2.37. The van der Waals surface area contributed by atoms with Crippen LogP contribution in [0, 0.1) is 0 Å². The standard InChI is InChI=1S/C22H20F3NO6/c1-28-11-18(21(27)29-2)17-5-4-16-8-14(17)10-30-26(16)12-22(24,25)15-3-6-19-13(7-15)9-20(23)32-31-19/h3-8,11,20H,9-10,12H2,1-2H3. The van der Waals surface area contributed by atoms with Gasteiger partial charge in [-0.15, -0.1) is 0 Å². The van der Waals surface area contributed by atoms with Crippen LogP contribution in [-0.2, 0) is 42.9 Å². The van der Waals surface area contributed by atoms with Gasteiger partial charge in [0.25, 0.3) is 5.92 Å². The van der Waals surface area contributed by atoms with E-state index in [2.05, 4.69) is 4.89 Å². The monoisotopic (exact) mass is 451 g/mol. The fourth-order valence-electron chi connectivity index (χ4n) is 3.56. The van der Waals surface area contributed by atoms with Crippen LogP contribution < -0.4 is 9.95 Å². The summed E-state index contributed by atoms with van der Waals surface area (Å²) in [7, 11) is 2.65. The molecule has 0 fully saturated rings. The predicted molar refractivity (Wildman–Crippen MR) is 106 cm³/mol. The van der Waals surface area contributed by atoms with Crippen LogP contribution in [0.4, 0.5) is 18.9 Å². The van der Waals surface area contributed by atoms with E-state index >= 15 is 8.78 Å². The number of alkyl halides is 3. The highest BCUT2D eigenvalue weighted by Crippen LogP contribution is 2.38. The molecular formula is C22H20F3NO6. The Labute approximate surface area is 181 Å². The van der Waals surface area contributed by atoms with Crippen LogP contribution in [-0.4, -0.2) is 33.1 Å². The molecule has 0 saturated carbocycles. The van der Waals surface area contributed by atoms with Crippen molar-refractivity contribution in [1.82, 2.24) is 0 Å². The molecule has 2 aliphatic rings. The number of anilines is 1. The maximum Gasteiger partial charge on any atom is 0.341 e. The number of benzene rings is 2. The third kappa shape index (κ3) is 4.23. The molecule has 1 unspecified atom stereocenters. The maximum atomic E-state index is 15.1. The fourth-order valence-corrected chi connectivity index (χ4v) is 3.56. The van der Waals surface area contributed by atoms with Crippen LogP contribution in [0.1, 0.15) is 22.3 Å². The zero-order chi connectivity index (χ0) is 22.9. The topological polar surface area (TPSA) is 66.5 Å². The van der Waals surface area contributed by atoms with Crippen LogP contribution in [0.15, 0.2) is 42.7 Å². The number of carbonyl (C=O) groups is 1. The van der Waals surface area contributed by atoms with Crippen molar-refractivity contribution in [1.29, 1.82) is 0 Å². The second kappa shape index (κ2) is 8.71. The van der Waals surface area contributed by atoms with E-state index in [1.54, 1.807) is 18.2 Å². The molecule has 2 aliphatic heterocycles. The number of rotatable bonds is 6. The Morgan fingerprint density at radius 3 is 2.78 bits per heavy atom. The Kier molecular flexibility index (Phi) is 5.98. The molecule has 2 heterocycles. The van der Waals surface area contributed by atoms with Gasteiger partial charge in [0, 0.05) is 17.5 Å². The Balaban J connectivity index is 1.56. The molecule has 0 aromatic heterocycles. The van der Waals surface area contributed by atoms with Gasteiger partial charge in [0.15, 0.2) is 5.75 Å². The highest BCUT2D eigenvalue weighted by atomic mass is 19.3. The lowest BCUT2D eigenvalue weighted by molar-refractivity contribution is -0.290. The zero-order valence-electron chi connectivity index (χ0n) is 17.3. The summed E-state index contributed by atoms with van der Waals surface area (Å²) in [4.78, 5) is 26.8. The number of methoxy groups -OCH3 is 2. The second-order valence-corrected chi connectivity index (χ2v) is 7.23. The Morgan fingerprint density at radius 1 is 1.22 bits per heavy atom. The van der Waals surface area contributed by atoms with Crippen molar-refractivity contribution in [2.45, 2.75) is 25.3 Å². The van der Waals surface area contributed by atoms with E-state index in [9.17, 15) is 9.18 Å². The normalized spacial score (nSPS) is 18.0. The molecule has 2 bridgehead atoms. The first kappa shape index (κ1) is 22.0. The van der Waals surface area contributed by atoms with Gasteiger partial charge in [-0.05, 0) is 41.5 Å². The number of hydrogen-bond acceptors (Lipinski definition) is 7. The Morgan fingerprint density at radius 2 is 2.03 bits per heavy atom. The van der Waals surface area contributed by atoms with E-state index in [1.165, 1.54) is 38.7 Å². The average molecular weight is 451 g/mol. The van der Waals surface area contributed by atoms with Crippen molar-refractivity contribution < 1.29 is 42.1 Å². The summed E-state index contributed by atoms with van der Waals surface area (Å²) >= 11 is 0. The summed E-state index contributed by atoms with van der Waals surface area (Å²) in [5, 5.41) is 1.09. The number of esters is 1. The van der Waals surface area contributed by atoms with Gasteiger partial charge in [-0.25, -0.2) is 14.2 Å². The van der Waals surface area contributed by atoms with Crippen molar-refractivity contribution in [2.75, 3.05) is 25.8 Å².